The molecule has 3 aromatic carbocycles. The molecule has 14 heteroatoms. The summed E-state index contributed by atoms with van der Waals surface area (Å²) in [6, 6.07) is 19.7. The van der Waals surface area contributed by atoms with Crippen LogP contribution in [0.4, 0.5) is 20.3 Å². The molecule has 0 atom stereocenters. The number of nitrogens with one attached hydrogen (secondary N) is 1. The summed E-state index contributed by atoms with van der Waals surface area (Å²) in [4.78, 5) is 35.2. The van der Waals surface area contributed by atoms with E-state index in [0.717, 1.165) is 48.2 Å². The third kappa shape index (κ3) is 6.60. The van der Waals surface area contributed by atoms with E-state index in [9.17, 15) is 14.0 Å². The van der Waals surface area contributed by atoms with E-state index in [1.54, 1.807) is 19.4 Å². The molecular weight excluding hydrogens is 646 g/mol. The average Bonchev–Trinajstić information content (AvgIpc) is 3.49. The van der Waals surface area contributed by atoms with Crippen LogP contribution in [0.15, 0.2) is 96.1 Å². The lowest BCUT2D eigenvalue weighted by Crippen LogP contribution is -2.44. The number of benzene rings is 3. The van der Waals surface area contributed by atoms with Crippen molar-refractivity contribution >= 4 is 28.4 Å². The number of ether oxygens (including phenoxy) is 2. The van der Waals surface area contributed by atoms with Crippen LogP contribution in [0.5, 0.6) is 17.2 Å². The van der Waals surface area contributed by atoms with Gasteiger partial charge in [-0.3, -0.25) is 9.59 Å². The highest BCUT2D eigenvalue weighted by Crippen LogP contribution is 2.37. The third-order valence-corrected chi connectivity index (χ3v) is 8.44. The number of likely N-dealkylation sites (N-methyl/N-ethyl adjacent to an activating group) is 1. The third-order valence-electron chi connectivity index (χ3n) is 8.44. The molecule has 12 nitrogen and oxygen atoms in total. The number of hydrogen-bond acceptors (Lipinski definition) is 9. The van der Waals surface area contributed by atoms with Crippen LogP contribution < -0.4 is 25.2 Å². The first-order valence-corrected chi connectivity index (χ1v) is 15.8. The van der Waals surface area contributed by atoms with E-state index in [-0.39, 0.29) is 22.7 Å². The second-order valence-corrected chi connectivity index (χ2v) is 11.8. The molecule has 254 valence electrons. The molecule has 0 radical (unpaired) electrons. The van der Waals surface area contributed by atoms with Gasteiger partial charge in [0.2, 0.25) is 0 Å². The van der Waals surface area contributed by atoms with Crippen LogP contribution in [0.25, 0.3) is 16.7 Å². The van der Waals surface area contributed by atoms with Crippen LogP contribution in [0, 0.1) is 11.6 Å². The Morgan fingerprint density at radius 3 is 2.38 bits per heavy atom. The quantitative estimate of drug-likeness (QED) is 0.223. The topological polar surface area (TPSA) is 120 Å². The maximum absolute atomic E-state index is 15.6. The minimum absolute atomic E-state index is 0.0784. The van der Waals surface area contributed by atoms with Crippen molar-refractivity contribution in [3.8, 4) is 22.9 Å². The van der Waals surface area contributed by atoms with Crippen molar-refractivity contribution in [1.82, 2.24) is 29.4 Å². The van der Waals surface area contributed by atoms with E-state index in [1.165, 1.54) is 48.7 Å². The van der Waals surface area contributed by atoms with Crippen LogP contribution in [0.2, 0.25) is 0 Å². The lowest BCUT2D eigenvalue weighted by Gasteiger charge is -2.32. The molecule has 50 heavy (non-hydrogen) atoms. The van der Waals surface area contributed by atoms with Crippen LogP contribution in [0.3, 0.4) is 0 Å². The van der Waals surface area contributed by atoms with Crippen molar-refractivity contribution in [2.24, 2.45) is 0 Å². The van der Waals surface area contributed by atoms with Gasteiger partial charge in [-0.1, -0.05) is 12.1 Å². The highest BCUT2D eigenvalue weighted by Gasteiger charge is 2.25. The number of halogens is 2. The average molecular weight is 679 g/mol. The lowest BCUT2D eigenvalue weighted by atomic mass is 10.2. The van der Waals surface area contributed by atoms with Gasteiger partial charge in [0.15, 0.2) is 23.0 Å². The molecule has 0 unspecified atom stereocenters. The predicted molar refractivity (Wildman–Crippen MR) is 184 cm³/mol. The van der Waals surface area contributed by atoms with Gasteiger partial charge in [-0.05, 0) is 67.2 Å². The summed E-state index contributed by atoms with van der Waals surface area (Å²) >= 11 is 0. The summed E-state index contributed by atoms with van der Waals surface area (Å²) < 4.78 is 43.3. The standard InChI is InChI=1S/C36H32F2N8O4/c1-43-17-19-44(20-18-43)34-32-31(14-15-39-33(32)45(42-34)22-23-3-10-27(49-2)11-4-23)50-30-12-7-25(21-29(30)38)41-35(47)28-13-16-40-46(36(28)48)26-8-5-24(37)6-9-26/h3-16,21H,17-20,22H2,1-2H3,(H,41,47). The van der Waals surface area contributed by atoms with E-state index in [0.29, 0.717) is 29.1 Å². The number of piperazine rings is 1. The normalized spacial score (nSPS) is 13.4. The van der Waals surface area contributed by atoms with Gasteiger partial charge in [0, 0.05) is 56.4 Å². The molecule has 4 heterocycles. The molecule has 1 aliphatic heterocycles. The van der Waals surface area contributed by atoms with Gasteiger partial charge in [0.1, 0.15) is 28.3 Å². The summed E-state index contributed by atoms with van der Waals surface area (Å²) in [7, 11) is 3.69. The molecule has 0 bridgehead atoms. The van der Waals surface area contributed by atoms with Crippen molar-refractivity contribution in [1.29, 1.82) is 0 Å². The van der Waals surface area contributed by atoms with Gasteiger partial charge in [-0.15, -0.1) is 0 Å². The number of fused-ring (bicyclic) bond motifs is 1. The van der Waals surface area contributed by atoms with Gasteiger partial charge in [-0.2, -0.15) is 14.9 Å². The minimum atomic E-state index is -0.765. The zero-order chi connectivity index (χ0) is 34.8. The fourth-order valence-electron chi connectivity index (χ4n) is 5.72. The number of anilines is 2. The van der Waals surface area contributed by atoms with Crippen molar-refractivity contribution < 1.29 is 23.0 Å². The number of nitrogens with zero attached hydrogens (tertiary/aromatic N) is 7. The molecule has 1 saturated heterocycles. The van der Waals surface area contributed by atoms with Gasteiger partial charge in [0.25, 0.3) is 11.5 Å². The van der Waals surface area contributed by atoms with Gasteiger partial charge in [0.05, 0.1) is 19.3 Å². The Morgan fingerprint density at radius 1 is 0.900 bits per heavy atom. The van der Waals surface area contributed by atoms with Crippen LogP contribution in [-0.2, 0) is 6.54 Å². The summed E-state index contributed by atoms with van der Waals surface area (Å²) in [5, 5.41) is 12.2. The van der Waals surface area contributed by atoms with E-state index in [2.05, 4.69) is 32.2 Å². The molecule has 0 spiro atoms. The van der Waals surface area contributed by atoms with Crippen LogP contribution >= 0.6 is 0 Å². The Labute approximate surface area is 285 Å². The second kappa shape index (κ2) is 13.8. The Balaban J connectivity index is 1.16. The van der Waals surface area contributed by atoms with E-state index in [1.807, 2.05) is 28.9 Å². The Morgan fingerprint density at radius 2 is 1.66 bits per heavy atom. The van der Waals surface area contributed by atoms with Gasteiger partial charge >= 0.3 is 0 Å². The number of pyridine rings is 1. The molecule has 0 saturated carbocycles. The van der Waals surface area contributed by atoms with Crippen LogP contribution in [-0.4, -0.2) is 75.7 Å². The Kier molecular flexibility index (Phi) is 8.92. The summed E-state index contributed by atoms with van der Waals surface area (Å²) in [6.45, 7) is 3.64. The monoisotopic (exact) mass is 678 g/mol. The zero-order valence-corrected chi connectivity index (χ0v) is 27.2. The van der Waals surface area contributed by atoms with E-state index >= 15 is 4.39 Å². The van der Waals surface area contributed by atoms with Crippen molar-refractivity contribution in [2.45, 2.75) is 6.54 Å². The van der Waals surface area contributed by atoms with Crippen LogP contribution in [0.1, 0.15) is 15.9 Å². The number of carbonyl (C=O) groups excluding carboxylic acids is 1. The first-order valence-electron chi connectivity index (χ1n) is 15.8. The SMILES string of the molecule is COc1ccc(Cn2nc(N3CCN(C)CC3)c3c(Oc4ccc(NC(=O)c5ccnn(-c6ccc(F)cc6)c5=O)cc4F)ccnc32)cc1. The summed E-state index contributed by atoms with van der Waals surface area (Å²) in [5.74, 6) is -0.243. The Hall–Kier alpha value is -6.15. The predicted octanol–water partition coefficient (Wildman–Crippen LogP) is 5.11. The fraction of sp³-hybridized carbons (Fsp3) is 0.194. The molecule has 1 fully saturated rings. The van der Waals surface area contributed by atoms with E-state index < -0.39 is 23.1 Å². The number of rotatable bonds is 9. The molecule has 7 rings (SSSR count). The number of hydrogen-bond donors (Lipinski definition) is 1. The Bertz CT molecular complexity index is 2230. The molecule has 1 amide bonds. The molecule has 6 aromatic rings. The molecule has 0 aliphatic carbocycles. The lowest BCUT2D eigenvalue weighted by molar-refractivity contribution is 0.102. The maximum atomic E-state index is 15.6. The largest absolute Gasteiger partial charge is 0.497 e. The number of methoxy groups -OCH3 is 1. The highest BCUT2D eigenvalue weighted by atomic mass is 19.1. The first-order chi connectivity index (χ1) is 24.3. The fourth-order valence-corrected chi connectivity index (χ4v) is 5.72. The van der Waals surface area contributed by atoms with Gasteiger partial charge in [-0.25, -0.2) is 18.4 Å². The molecular formula is C36H32F2N8O4. The number of carbonyl (C=O) groups is 1. The van der Waals surface area contributed by atoms with Crippen molar-refractivity contribution in [3.05, 3.63) is 124 Å². The maximum Gasteiger partial charge on any atom is 0.284 e. The first kappa shape index (κ1) is 32.4. The smallest absolute Gasteiger partial charge is 0.284 e. The number of amides is 1. The van der Waals surface area contributed by atoms with Gasteiger partial charge < -0.3 is 24.6 Å². The molecule has 3 aromatic heterocycles. The van der Waals surface area contributed by atoms with E-state index in [4.69, 9.17) is 14.6 Å². The second-order valence-electron chi connectivity index (χ2n) is 11.8. The summed E-state index contributed by atoms with van der Waals surface area (Å²) in [5.41, 5.74) is 1.02. The van der Waals surface area contributed by atoms with Crippen molar-refractivity contribution in [3.63, 3.8) is 0 Å². The minimum Gasteiger partial charge on any atom is -0.497 e. The zero-order valence-electron chi connectivity index (χ0n) is 27.2. The highest BCUT2D eigenvalue weighted by molar-refractivity contribution is 6.04. The molecule has 1 aliphatic rings. The summed E-state index contributed by atoms with van der Waals surface area (Å²) in [6.07, 6.45) is 2.87. The molecule has 1 N–H and O–H groups in total. The van der Waals surface area contributed by atoms with Crippen molar-refractivity contribution in [2.75, 3.05) is 50.6 Å². The number of aromatic nitrogens is 5.